The average molecular weight is 293 g/mol. The van der Waals surface area contributed by atoms with Crippen LogP contribution in [0.4, 0.5) is 5.69 Å². The van der Waals surface area contributed by atoms with Crippen LogP contribution in [-0.4, -0.2) is 16.1 Å². The standard InChI is InChI=1S/C12H9BrN2O2/c13-8-4-2-1-3-7(8)10-6-5-9(14)11(15-10)12(16)17/h1-6H,14H2,(H,16,17). The lowest BCUT2D eigenvalue weighted by Crippen LogP contribution is -2.06. The van der Waals surface area contributed by atoms with Crippen LogP contribution in [0.25, 0.3) is 11.3 Å². The summed E-state index contributed by atoms with van der Waals surface area (Å²) < 4.78 is 0.855. The fourth-order valence-corrected chi connectivity index (χ4v) is 1.95. The molecule has 0 aliphatic rings. The number of benzene rings is 1. The molecule has 86 valence electrons. The molecule has 1 heterocycles. The summed E-state index contributed by atoms with van der Waals surface area (Å²) in [4.78, 5) is 15.0. The Hall–Kier alpha value is -1.88. The van der Waals surface area contributed by atoms with Crippen LogP contribution in [0.15, 0.2) is 40.9 Å². The van der Waals surface area contributed by atoms with E-state index in [4.69, 9.17) is 10.8 Å². The molecule has 0 aliphatic heterocycles. The van der Waals surface area contributed by atoms with E-state index in [9.17, 15) is 4.79 Å². The number of hydrogen-bond donors (Lipinski definition) is 2. The Bertz CT molecular complexity index is 584. The van der Waals surface area contributed by atoms with E-state index in [-0.39, 0.29) is 11.4 Å². The molecule has 0 radical (unpaired) electrons. The smallest absolute Gasteiger partial charge is 0.356 e. The molecule has 0 amide bonds. The normalized spacial score (nSPS) is 10.2. The zero-order valence-corrected chi connectivity index (χ0v) is 10.3. The number of nitrogens with two attached hydrogens (primary N) is 1. The number of rotatable bonds is 2. The third kappa shape index (κ3) is 2.29. The monoisotopic (exact) mass is 292 g/mol. The van der Waals surface area contributed by atoms with Crippen molar-refractivity contribution in [3.63, 3.8) is 0 Å². The van der Waals surface area contributed by atoms with Crippen molar-refractivity contribution < 1.29 is 9.90 Å². The van der Waals surface area contributed by atoms with Crippen molar-refractivity contribution in [1.82, 2.24) is 4.98 Å². The van der Waals surface area contributed by atoms with Crippen LogP contribution >= 0.6 is 15.9 Å². The van der Waals surface area contributed by atoms with Crippen molar-refractivity contribution in [2.75, 3.05) is 5.73 Å². The van der Waals surface area contributed by atoms with E-state index >= 15 is 0 Å². The second-order valence-corrected chi connectivity index (χ2v) is 4.27. The Morgan fingerprint density at radius 3 is 2.59 bits per heavy atom. The van der Waals surface area contributed by atoms with Gasteiger partial charge in [0.1, 0.15) is 0 Å². The van der Waals surface area contributed by atoms with E-state index in [1.165, 1.54) is 0 Å². The molecule has 0 atom stereocenters. The molecule has 0 aliphatic carbocycles. The van der Waals surface area contributed by atoms with Gasteiger partial charge in [0, 0.05) is 10.0 Å². The number of nitrogen functional groups attached to an aromatic ring is 1. The van der Waals surface area contributed by atoms with Crippen molar-refractivity contribution >= 4 is 27.6 Å². The molecule has 0 unspecified atom stereocenters. The van der Waals surface area contributed by atoms with Gasteiger partial charge in [-0.15, -0.1) is 0 Å². The molecule has 0 spiro atoms. The van der Waals surface area contributed by atoms with E-state index in [0.717, 1.165) is 10.0 Å². The van der Waals surface area contributed by atoms with Crippen molar-refractivity contribution in [2.45, 2.75) is 0 Å². The molecule has 0 fully saturated rings. The van der Waals surface area contributed by atoms with Crippen LogP contribution in [0.1, 0.15) is 10.5 Å². The van der Waals surface area contributed by atoms with Gasteiger partial charge in [0.25, 0.3) is 0 Å². The summed E-state index contributed by atoms with van der Waals surface area (Å²) in [6, 6.07) is 10.7. The van der Waals surface area contributed by atoms with Crippen molar-refractivity contribution in [3.8, 4) is 11.3 Å². The summed E-state index contributed by atoms with van der Waals surface area (Å²) in [5.41, 5.74) is 6.99. The molecule has 17 heavy (non-hydrogen) atoms. The SMILES string of the molecule is Nc1ccc(-c2ccccc2Br)nc1C(=O)O. The third-order valence-electron chi connectivity index (χ3n) is 2.28. The zero-order valence-electron chi connectivity index (χ0n) is 8.72. The van der Waals surface area contributed by atoms with Crippen LogP contribution in [0, 0.1) is 0 Å². The molecule has 2 rings (SSSR count). The van der Waals surface area contributed by atoms with Gasteiger partial charge in [-0.1, -0.05) is 34.1 Å². The van der Waals surface area contributed by atoms with Gasteiger partial charge in [0.2, 0.25) is 0 Å². The molecule has 1 aromatic heterocycles. The maximum Gasteiger partial charge on any atom is 0.356 e. The second kappa shape index (κ2) is 4.55. The first-order valence-corrected chi connectivity index (χ1v) is 5.63. The Labute approximate surface area is 106 Å². The Kier molecular flexibility index (Phi) is 3.10. The van der Waals surface area contributed by atoms with Crippen LogP contribution < -0.4 is 5.73 Å². The highest BCUT2D eigenvalue weighted by atomic mass is 79.9. The van der Waals surface area contributed by atoms with E-state index in [1.54, 1.807) is 12.1 Å². The number of anilines is 1. The highest BCUT2D eigenvalue weighted by Crippen LogP contribution is 2.27. The van der Waals surface area contributed by atoms with E-state index in [2.05, 4.69) is 20.9 Å². The summed E-state index contributed by atoms with van der Waals surface area (Å²) in [5.74, 6) is -1.13. The van der Waals surface area contributed by atoms with Crippen LogP contribution in [0.5, 0.6) is 0 Å². The van der Waals surface area contributed by atoms with Gasteiger partial charge in [-0.2, -0.15) is 0 Å². The Morgan fingerprint density at radius 2 is 1.94 bits per heavy atom. The van der Waals surface area contributed by atoms with E-state index in [0.29, 0.717) is 5.69 Å². The van der Waals surface area contributed by atoms with Gasteiger partial charge >= 0.3 is 5.97 Å². The minimum Gasteiger partial charge on any atom is -0.476 e. The third-order valence-corrected chi connectivity index (χ3v) is 2.97. The van der Waals surface area contributed by atoms with Gasteiger partial charge < -0.3 is 10.8 Å². The molecule has 3 N–H and O–H groups in total. The molecule has 0 saturated heterocycles. The summed E-state index contributed by atoms with van der Waals surface area (Å²) in [7, 11) is 0. The Morgan fingerprint density at radius 1 is 1.24 bits per heavy atom. The summed E-state index contributed by atoms with van der Waals surface area (Å²) >= 11 is 3.39. The van der Waals surface area contributed by atoms with Crippen molar-refractivity contribution in [3.05, 3.63) is 46.6 Å². The lowest BCUT2D eigenvalue weighted by molar-refractivity contribution is 0.0692. The highest BCUT2D eigenvalue weighted by molar-refractivity contribution is 9.10. The largest absolute Gasteiger partial charge is 0.476 e. The Balaban J connectivity index is 2.58. The van der Waals surface area contributed by atoms with Gasteiger partial charge in [-0.25, -0.2) is 9.78 Å². The van der Waals surface area contributed by atoms with Crippen molar-refractivity contribution in [2.24, 2.45) is 0 Å². The van der Waals surface area contributed by atoms with Crippen LogP contribution in [0.3, 0.4) is 0 Å². The van der Waals surface area contributed by atoms with Gasteiger partial charge in [-0.3, -0.25) is 0 Å². The van der Waals surface area contributed by atoms with E-state index < -0.39 is 5.97 Å². The maximum absolute atomic E-state index is 10.9. The number of carboxylic acid groups (broad SMARTS) is 1. The topological polar surface area (TPSA) is 76.2 Å². The number of halogens is 1. The summed E-state index contributed by atoms with van der Waals surface area (Å²) in [6.45, 7) is 0. The zero-order chi connectivity index (χ0) is 12.4. The number of pyridine rings is 1. The number of hydrogen-bond acceptors (Lipinski definition) is 3. The second-order valence-electron chi connectivity index (χ2n) is 3.42. The van der Waals surface area contributed by atoms with Crippen LogP contribution in [-0.2, 0) is 0 Å². The molecular weight excluding hydrogens is 284 g/mol. The lowest BCUT2D eigenvalue weighted by Gasteiger charge is -2.06. The van der Waals surface area contributed by atoms with Gasteiger partial charge in [-0.05, 0) is 18.2 Å². The predicted molar refractivity (Wildman–Crippen MR) is 68.7 cm³/mol. The predicted octanol–water partition coefficient (Wildman–Crippen LogP) is 2.79. The van der Waals surface area contributed by atoms with Crippen molar-refractivity contribution in [1.29, 1.82) is 0 Å². The number of carboxylic acids is 1. The first-order chi connectivity index (χ1) is 8.09. The first-order valence-electron chi connectivity index (χ1n) is 4.84. The lowest BCUT2D eigenvalue weighted by atomic mass is 10.1. The highest BCUT2D eigenvalue weighted by Gasteiger charge is 2.12. The van der Waals surface area contributed by atoms with Gasteiger partial charge in [0.05, 0.1) is 11.4 Å². The molecule has 1 aromatic carbocycles. The quantitative estimate of drug-likeness (QED) is 0.892. The molecule has 2 aromatic rings. The van der Waals surface area contributed by atoms with Crippen LogP contribution in [0.2, 0.25) is 0 Å². The number of nitrogens with zero attached hydrogens (tertiary/aromatic N) is 1. The number of carbonyl (C=O) groups is 1. The average Bonchev–Trinajstić information content (AvgIpc) is 2.30. The minimum absolute atomic E-state index is 0.127. The molecule has 0 saturated carbocycles. The summed E-state index contributed by atoms with van der Waals surface area (Å²) in [5, 5.41) is 8.95. The minimum atomic E-state index is -1.13. The fraction of sp³-hybridized carbons (Fsp3) is 0. The van der Waals surface area contributed by atoms with E-state index in [1.807, 2.05) is 24.3 Å². The number of aromatic nitrogens is 1. The maximum atomic E-state index is 10.9. The number of aromatic carboxylic acids is 1. The molecule has 0 bridgehead atoms. The fourth-order valence-electron chi connectivity index (χ4n) is 1.46. The molecule has 4 nitrogen and oxygen atoms in total. The molecular formula is C12H9BrN2O2. The molecule has 5 heteroatoms. The summed E-state index contributed by atoms with van der Waals surface area (Å²) in [6.07, 6.45) is 0. The first kappa shape index (κ1) is 11.6. The van der Waals surface area contributed by atoms with Gasteiger partial charge in [0.15, 0.2) is 5.69 Å².